The summed E-state index contributed by atoms with van der Waals surface area (Å²) in [6, 6.07) is 5.33. The Bertz CT molecular complexity index is 760. The molecular formula is C17H20N6O. The van der Waals surface area contributed by atoms with Crippen LogP contribution in [0.2, 0.25) is 0 Å². The van der Waals surface area contributed by atoms with Crippen molar-refractivity contribution in [1.29, 1.82) is 5.26 Å². The van der Waals surface area contributed by atoms with Crippen LogP contribution >= 0.6 is 0 Å². The van der Waals surface area contributed by atoms with Crippen molar-refractivity contribution in [3.63, 3.8) is 0 Å². The molecule has 0 unspecified atom stereocenters. The molecule has 3 rings (SSSR count). The van der Waals surface area contributed by atoms with Gasteiger partial charge in [-0.2, -0.15) is 5.26 Å². The number of pyridine rings is 1. The van der Waals surface area contributed by atoms with Gasteiger partial charge in [0.2, 0.25) is 0 Å². The summed E-state index contributed by atoms with van der Waals surface area (Å²) < 4.78 is 2.00. The van der Waals surface area contributed by atoms with E-state index < -0.39 is 0 Å². The zero-order valence-corrected chi connectivity index (χ0v) is 13.9. The first-order chi connectivity index (χ1) is 11.6. The second-order valence-electron chi connectivity index (χ2n) is 5.84. The molecule has 0 saturated carbocycles. The molecule has 0 spiro atoms. The van der Waals surface area contributed by atoms with Crippen LogP contribution in [0.15, 0.2) is 30.7 Å². The largest absolute Gasteiger partial charge is 0.337 e. The van der Waals surface area contributed by atoms with E-state index in [0.29, 0.717) is 24.3 Å². The molecule has 3 heterocycles. The fraction of sp³-hybridized carbons (Fsp3) is 0.412. The highest BCUT2D eigenvalue weighted by atomic mass is 16.2. The molecular weight excluding hydrogens is 304 g/mol. The summed E-state index contributed by atoms with van der Waals surface area (Å²) in [6.07, 6.45) is 5.14. The third kappa shape index (κ3) is 3.01. The van der Waals surface area contributed by atoms with Gasteiger partial charge in [0.15, 0.2) is 0 Å². The van der Waals surface area contributed by atoms with E-state index in [1.807, 2.05) is 28.8 Å². The molecule has 24 heavy (non-hydrogen) atoms. The number of nitriles is 1. The molecule has 1 amide bonds. The van der Waals surface area contributed by atoms with Crippen LogP contribution < -0.4 is 0 Å². The molecule has 1 saturated heterocycles. The molecule has 0 aromatic carbocycles. The van der Waals surface area contributed by atoms with Crippen LogP contribution in [-0.4, -0.2) is 56.4 Å². The summed E-state index contributed by atoms with van der Waals surface area (Å²) in [4.78, 5) is 25.5. The lowest BCUT2D eigenvalue weighted by molar-refractivity contribution is 0.0468. The van der Waals surface area contributed by atoms with Crippen molar-refractivity contribution in [2.24, 2.45) is 7.05 Å². The second kappa shape index (κ2) is 6.81. The number of carbonyl (C=O) groups is 1. The van der Waals surface area contributed by atoms with Gasteiger partial charge in [0.05, 0.1) is 11.6 Å². The van der Waals surface area contributed by atoms with E-state index in [1.165, 1.54) is 6.20 Å². The Morgan fingerprint density at radius 2 is 2.21 bits per heavy atom. The molecule has 0 bridgehead atoms. The van der Waals surface area contributed by atoms with Crippen molar-refractivity contribution >= 4 is 5.91 Å². The van der Waals surface area contributed by atoms with Gasteiger partial charge in [0, 0.05) is 45.3 Å². The molecule has 0 radical (unpaired) electrons. The van der Waals surface area contributed by atoms with Crippen molar-refractivity contribution in [1.82, 2.24) is 24.3 Å². The first kappa shape index (κ1) is 16.1. The maximum absolute atomic E-state index is 12.7. The maximum atomic E-state index is 12.7. The van der Waals surface area contributed by atoms with E-state index in [-0.39, 0.29) is 11.9 Å². The number of likely N-dealkylation sites (N-methyl/N-ethyl adjacent to an activating group) is 1. The number of carbonyl (C=O) groups excluding carboxylic acids is 1. The van der Waals surface area contributed by atoms with E-state index in [2.05, 4.69) is 21.8 Å². The Morgan fingerprint density at radius 3 is 2.79 bits per heavy atom. The monoisotopic (exact) mass is 324 g/mol. The first-order valence-electron chi connectivity index (χ1n) is 8.00. The lowest BCUT2D eigenvalue weighted by atomic mass is 10.1. The Morgan fingerprint density at radius 1 is 1.38 bits per heavy atom. The Kier molecular flexibility index (Phi) is 4.58. The van der Waals surface area contributed by atoms with Gasteiger partial charge < -0.3 is 9.47 Å². The number of piperazine rings is 1. The van der Waals surface area contributed by atoms with E-state index >= 15 is 0 Å². The van der Waals surface area contributed by atoms with Gasteiger partial charge in [-0.05, 0) is 18.7 Å². The van der Waals surface area contributed by atoms with Crippen molar-refractivity contribution in [3.8, 4) is 6.07 Å². The van der Waals surface area contributed by atoms with Gasteiger partial charge in [-0.25, -0.2) is 9.97 Å². The van der Waals surface area contributed by atoms with Crippen molar-refractivity contribution < 1.29 is 4.79 Å². The van der Waals surface area contributed by atoms with Gasteiger partial charge in [0.1, 0.15) is 17.6 Å². The minimum absolute atomic E-state index is 0.0751. The minimum Gasteiger partial charge on any atom is -0.337 e. The number of imidazole rings is 1. The zero-order chi connectivity index (χ0) is 17.1. The van der Waals surface area contributed by atoms with Gasteiger partial charge in [-0.3, -0.25) is 9.69 Å². The van der Waals surface area contributed by atoms with E-state index in [9.17, 15) is 4.79 Å². The average molecular weight is 324 g/mol. The number of rotatable bonds is 3. The summed E-state index contributed by atoms with van der Waals surface area (Å²) in [5, 5.41) is 8.84. The van der Waals surface area contributed by atoms with Crippen molar-refractivity contribution in [3.05, 3.63) is 47.8 Å². The highest BCUT2D eigenvalue weighted by Crippen LogP contribution is 2.24. The van der Waals surface area contributed by atoms with Crippen LogP contribution in [0.5, 0.6) is 0 Å². The number of amides is 1. The fourth-order valence-electron chi connectivity index (χ4n) is 3.08. The summed E-state index contributed by atoms with van der Waals surface area (Å²) in [7, 11) is 1.97. The second-order valence-corrected chi connectivity index (χ2v) is 5.84. The van der Waals surface area contributed by atoms with Gasteiger partial charge in [-0.15, -0.1) is 0 Å². The van der Waals surface area contributed by atoms with Crippen LogP contribution in [-0.2, 0) is 7.05 Å². The molecule has 7 heteroatoms. The third-order valence-corrected chi connectivity index (χ3v) is 4.45. The molecule has 2 aromatic rings. The van der Waals surface area contributed by atoms with Gasteiger partial charge in [0.25, 0.3) is 5.91 Å². The molecule has 2 aromatic heterocycles. The molecule has 124 valence electrons. The Hall–Kier alpha value is -2.72. The predicted octanol–water partition coefficient (Wildman–Crippen LogP) is 1.21. The van der Waals surface area contributed by atoms with Gasteiger partial charge >= 0.3 is 0 Å². The maximum Gasteiger partial charge on any atom is 0.272 e. The van der Waals surface area contributed by atoms with E-state index in [0.717, 1.165) is 18.9 Å². The average Bonchev–Trinajstić information content (AvgIpc) is 3.06. The first-order valence-corrected chi connectivity index (χ1v) is 8.00. The molecule has 0 aliphatic carbocycles. The van der Waals surface area contributed by atoms with Gasteiger partial charge in [-0.1, -0.05) is 6.92 Å². The van der Waals surface area contributed by atoms with Crippen LogP contribution in [0.1, 0.15) is 34.8 Å². The molecule has 1 aliphatic heterocycles. The Labute approximate surface area is 141 Å². The van der Waals surface area contributed by atoms with Crippen LogP contribution in [0.4, 0.5) is 0 Å². The van der Waals surface area contributed by atoms with E-state index in [4.69, 9.17) is 5.26 Å². The summed E-state index contributed by atoms with van der Waals surface area (Å²) >= 11 is 0. The quantitative estimate of drug-likeness (QED) is 0.848. The molecule has 1 aliphatic rings. The normalized spacial score (nSPS) is 18.4. The molecule has 0 N–H and O–H groups in total. The number of nitrogens with zero attached hydrogens (tertiary/aromatic N) is 6. The summed E-state index contributed by atoms with van der Waals surface area (Å²) in [6.45, 7) is 5.08. The lowest BCUT2D eigenvalue weighted by Crippen LogP contribution is -2.51. The lowest BCUT2D eigenvalue weighted by Gasteiger charge is -2.40. The van der Waals surface area contributed by atoms with Crippen LogP contribution in [0, 0.1) is 11.3 Å². The number of aryl methyl sites for hydroxylation is 1. The highest BCUT2D eigenvalue weighted by molar-refractivity contribution is 5.92. The van der Waals surface area contributed by atoms with Crippen LogP contribution in [0.3, 0.4) is 0 Å². The zero-order valence-electron chi connectivity index (χ0n) is 13.9. The highest BCUT2D eigenvalue weighted by Gasteiger charge is 2.32. The number of hydrogen-bond donors (Lipinski definition) is 0. The number of hydrogen-bond acceptors (Lipinski definition) is 5. The van der Waals surface area contributed by atoms with E-state index in [1.54, 1.807) is 18.3 Å². The molecule has 1 atom stereocenters. The topological polar surface area (TPSA) is 78.1 Å². The third-order valence-electron chi connectivity index (χ3n) is 4.45. The van der Waals surface area contributed by atoms with Crippen molar-refractivity contribution in [2.75, 3.05) is 26.2 Å². The summed E-state index contributed by atoms with van der Waals surface area (Å²) in [5.41, 5.74) is 0.825. The Balaban J connectivity index is 1.80. The predicted molar refractivity (Wildman–Crippen MR) is 88.1 cm³/mol. The summed E-state index contributed by atoms with van der Waals surface area (Å²) in [5.74, 6) is 0.858. The fourth-order valence-corrected chi connectivity index (χ4v) is 3.08. The van der Waals surface area contributed by atoms with Crippen LogP contribution in [0.25, 0.3) is 0 Å². The van der Waals surface area contributed by atoms with Crippen molar-refractivity contribution in [2.45, 2.75) is 13.0 Å². The number of aromatic nitrogens is 3. The standard InChI is InChI=1S/C17H20N6O/c1-3-22-8-9-23(12-15(22)16-19-6-7-21(16)2)17(24)14-5-4-13(10-18)11-20-14/h4-7,11,15H,3,8-9,12H2,1-2H3/t15-/m1/s1. The molecule has 7 nitrogen and oxygen atoms in total. The molecule has 1 fully saturated rings. The SMILES string of the molecule is CCN1CCN(C(=O)c2ccc(C#N)cn2)C[C@@H]1c1nccn1C. The smallest absolute Gasteiger partial charge is 0.272 e. The minimum atomic E-state index is -0.102.